The molecule has 0 radical (unpaired) electrons. The van der Waals surface area contributed by atoms with Crippen LogP contribution in [0.3, 0.4) is 0 Å². The smallest absolute Gasteiger partial charge is 0.196 e. The second-order valence-electron chi connectivity index (χ2n) is 8.62. The molecule has 4 aromatic rings. The van der Waals surface area contributed by atoms with E-state index in [4.69, 9.17) is 0 Å². The lowest BCUT2D eigenvalue weighted by atomic mass is 9.98. The maximum absolute atomic E-state index is 13.6. The minimum absolute atomic E-state index is 0.118. The highest BCUT2D eigenvalue weighted by Crippen LogP contribution is 2.41. The SMILES string of the molecule is O=C(c1ccc(NCCN2CCCCC2)nc1)c1c(-c2ccc(O)cc2)sc2cc(O)ccc12. The molecule has 2 aromatic heterocycles. The van der Waals surface area contributed by atoms with Gasteiger partial charge < -0.3 is 20.4 Å². The van der Waals surface area contributed by atoms with E-state index >= 15 is 0 Å². The van der Waals surface area contributed by atoms with Gasteiger partial charge in [0.05, 0.1) is 0 Å². The van der Waals surface area contributed by atoms with Gasteiger partial charge in [0.25, 0.3) is 0 Å². The molecule has 5 rings (SSSR count). The van der Waals surface area contributed by atoms with Crippen LogP contribution in [-0.4, -0.2) is 52.1 Å². The van der Waals surface area contributed by atoms with Crippen LogP contribution >= 0.6 is 11.3 Å². The standard InChI is InChI=1S/C27H27N3O3S/c31-20-7-4-18(5-8-20)27-25(22-10-9-21(32)16-23(22)34-27)26(33)19-6-11-24(29-17-19)28-12-15-30-13-2-1-3-14-30/h4-11,16-17,31-32H,1-3,12-15H2,(H,28,29). The van der Waals surface area contributed by atoms with Gasteiger partial charge in [-0.15, -0.1) is 11.3 Å². The Kier molecular flexibility index (Phi) is 6.47. The second kappa shape index (κ2) is 9.83. The number of carbonyl (C=O) groups excluding carboxylic acids is 1. The average molecular weight is 474 g/mol. The Labute approximate surface area is 202 Å². The van der Waals surface area contributed by atoms with E-state index in [2.05, 4.69) is 15.2 Å². The maximum Gasteiger partial charge on any atom is 0.196 e. The quantitative estimate of drug-likeness (QED) is 0.307. The van der Waals surface area contributed by atoms with Crippen LogP contribution in [0.5, 0.6) is 11.5 Å². The molecule has 0 saturated carbocycles. The molecule has 7 heteroatoms. The fourth-order valence-corrected chi connectivity index (χ4v) is 5.67. The van der Waals surface area contributed by atoms with Gasteiger partial charge in [-0.1, -0.05) is 6.42 Å². The predicted molar refractivity (Wildman–Crippen MR) is 137 cm³/mol. The number of piperidine rings is 1. The van der Waals surface area contributed by atoms with Gasteiger partial charge in [0.1, 0.15) is 17.3 Å². The molecule has 3 heterocycles. The monoisotopic (exact) mass is 473 g/mol. The van der Waals surface area contributed by atoms with Crippen molar-refractivity contribution < 1.29 is 15.0 Å². The van der Waals surface area contributed by atoms with E-state index in [1.54, 1.807) is 48.7 Å². The molecule has 1 aliphatic heterocycles. The summed E-state index contributed by atoms with van der Waals surface area (Å²) in [6, 6.07) is 15.5. The van der Waals surface area contributed by atoms with E-state index in [1.807, 2.05) is 12.1 Å². The molecule has 6 nitrogen and oxygen atoms in total. The third-order valence-electron chi connectivity index (χ3n) is 6.24. The van der Waals surface area contributed by atoms with E-state index in [0.717, 1.165) is 52.5 Å². The number of hydrogen-bond donors (Lipinski definition) is 3. The molecule has 3 N–H and O–H groups in total. The molecule has 0 amide bonds. The van der Waals surface area contributed by atoms with Crippen LogP contribution in [0.1, 0.15) is 35.2 Å². The van der Waals surface area contributed by atoms with Gasteiger partial charge in [-0.2, -0.15) is 0 Å². The number of rotatable bonds is 7. The molecule has 0 aliphatic carbocycles. The Morgan fingerprint density at radius 1 is 0.971 bits per heavy atom. The Balaban J connectivity index is 1.39. The van der Waals surface area contributed by atoms with Crippen LogP contribution in [-0.2, 0) is 0 Å². The molecule has 1 aliphatic rings. The highest BCUT2D eigenvalue weighted by Gasteiger charge is 2.22. The van der Waals surface area contributed by atoms with Gasteiger partial charge in [0, 0.05) is 45.4 Å². The zero-order valence-electron chi connectivity index (χ0n) is 18.8. The molecule has 2 aromatic carbocycles. The van der Waals surface area contributed by atoms with Crippen LogP contribution in [0.2, 0.25) is 0 Å². The zero-order valence-corrected chi connectivity index (χ0v) is 19.6. The summed E-state index contributed by atoms with van der Waals surface area (Å²) < 4.78 is 0.829. The van der Waals surface area contributed by atoms with Gasteiger partial charge in [0.15, 0.2) is 5.78 Å². The fraction of sp³-hybridized carbons (Fsp3) is 0.259. The number of hydrogen-bond acceptors (Lipinski definition) is 7. The average Bonchev–Trinajstić information content (AvgIpc) is 3.23. The minimum atomic E-state index is -0.118. The lowest BCUT2D eigenvalue weighted by molar-refractivity contribution is 0.104. The van der Waals surface area contributed by atoms with Crippen molar-refractivity contribution in [3.63, 3.8) is 0 Å². The number of nitrogens with one attached hydrogen (secondary N) is 1. The highest BCUT2D eigenvalue weighted by atomic mass is 32.1. The first-order valence-corrected chi connectivity index (χ1v) is 12.4. The minimum Gasteiger partial charge on any atom is -0.508 e. The summed E-state index contributed by atoms with van der Waals surface area (Å²) in [4.78, 5) is 21.4. The first-order valence-electron chi connectivity index (χ1n) is 11.6. The summed E-state index contributed by atoms with van der Waals surface area (Å²) in [5.41, 5.74) is 1.93. The van der Waals surface area contributed by atoms with E-state index in [-0.39, 0.29) is 17.3 Å². The third kappa shape index (κ3) is 4.76. The largest absolute Gasteiger partial charge is 0.508 e. The van der Waals surface area contributed by atoms with Crippen molar-refractivity contribution in [3.05, 3.63) is 71.9 Å². The van der Waals surface area contributed by atoms with E-state index in [9.17, 15) is 15.0 Å². The normalized spacial score (nSPS) is 14.4. The number of likely N-dealkylation sites (tertiary alicyclic amines) is 1. The van der Waals surface area contributed by atoms with Gasteiger partial charge in [-0.3, -0.25) is 4.79 Å². The van der Waals surface area contributed by atoms with Crippen LogP contribution < -0.4 is 5.32 Å². The first-order chi connectivity index (χ1) is 16.6. The van der Waals surface area contributed by atoms with E-state index < -0.39 is 0 Å². The fourth-order valence-electron chi connectivity index (χ4n) is 4.43. The molecular weight excluding hydrogens is 446 g/mol. The third-order valence-corrected chi connectivity index (χ3v) is 7.44. The highest BCUT2D eigenvalue weighted by molar-refractivity contribution is 7.22. The molecular formula is C27H27N3O3S. The van der Waals surface area contributed by atoms with Crippen molar-refractivity contribution in [2.24, 2.45) is 0 Å². The molecule has 0 spiro atoms. The molecule has 174 valence electrons. The molecule has 0 atom stereocenters. The molecule has 1 saturated heterocycles. The lowest BCUT2D eigenvalue weighted by Gasteiger charge is -2.26. The van der Waals surface area contributed by atoms with Crippen molar-refractivity contribution in [2.45, 2.75) is 19.3 Å². The number of benzene rings is 2. The number of phenolic OH excluding ortho intramolecular Hbond substituents is 2. The molecule has 0 bridgehead atoms. The Bertz CT molecular complexity index is 1290. The van der Waals surface area contributed by atoms with Crippen LogP contribution in [0.4, 0.5) is 5.82 Å². The van der Waals surface area contributed by atoms with Gasteiger partial charge in [-0.25, -0.2) is 4.98 Å². The number of ketones is 1. The Hall–Kier alpha value is -3.42. The van der Waals surface area contributed by atoms with Crippen LogP contribution in [0.15, 0.2) is 60.8 Å². The van der Waals surface area contributed by atoms with E-state index in [0.29, 0.717) is 11.1 Å². The van der Waals surface area contributed by atoms with E-state index in [1.165, 1.54) is 30.6 Å². The van der Waals surface area contributed by atoms with Gasteiger partial charge in [-0.05, 0) is 86.1 Å². The lowest BCUT2D eigenvalue weighted by Crippen LogP contribution is -2.33. The Morgan fingerprint density at radius 2 is 1.74 bits per heavy atom. The van der Waals surface area contributed by atoms with Crippen molar-refractivity contribution >= 4 is 33.0 Å². The first kappa shape index (κ1) is 22.4. The summed E-state index contributed by atoms with van der Waals surface area (Å²) in [7, 11) is 0. The second-order valence-corrected chi connectivity index (χ2v) is 9.68. The zero-order chi connectivity index (χ0) is 23.5. The van der Waals surface area contributed by atoms with Gasteiger partial charge >= 0.3 is 0 Å². The predicted octanol–water partition coefficient (Wildman–Crippen LogP) is 5.50. The number of aromatic hydroxyl groups is 2. The van der Waals surface area contributed by atoms with Crippen molar-refractivity contribution in [1.82, 2.24) is 9.88 Å². The van der Waals surface area contributed by atoms with Crippen molar-refractivity contribution in [3.8, 4) is 21.9 Å². The molecule has 0 unspecified atom stereocenters. The van der Waals surface area contributed by atoms with Gasteiger partial charge in [0.2, 0.25) is 0 Å². The topological polar surface area (TPSA) is 85.7 Å². The van der Waals surface area contributed by atoms with Crippen LogP contribution in [0.25, 0.3) is 20.5 Å². The number of phenols is 2. The summed E-state index contributed by atoms with van der Waals surface area (Å²) in [6.45, 7) is 4.15. The number of thiophene rings is 1. The molecule has 34 heavy (non-hydrogen) atoms. The van der Waals surface area contributed by atoms with Crippen LogP contribution in [0, 0.1) is 0 Å². The maximum atomic E-state index is 13.6. The number of fused-ring (bicyclic) bond motifs is 1. The number of pyridine rings is 1. The number of carbonyl (C=O) groups is 1. The van der Waals surface area contributed by atoms with Crippen molar-refractivity contribution in [1.29, 1.82) is 0 Å². The molecule has 1 fully saturated rings. The summed E-state index contributed by atoms with van der Waals surface area (Å²) in [5.74, 6) is 0.967. The Morgan fingerprint density at radius 3 is 2.47 bits per heavy atom. The summed E-state index contributed by atoms with van der Waals surface area (Å²) >= 11 is 1.45. The number of anilines is 1. The summed E-state index contributed by atoms with van der Waals surface area (Å²) in [6.07, 6.45) is 5.50. The van der Waals surface area contributed by atoms with Crippen molar-refractivity contribution in [2.75, 3.05) is 31.5 Å². The summed E-state index contributed by atoms with van der Waals surface area (Å²) in [5, 5.41) is 23.8. The number of aromatic nitrogens is 1. The number of nitrogens with zero attached hydrogens (tertiary/aromatic N) is 2.